The van der Waals surface area contributed by atoms with Crippen LogP contribution in [0.1, 0.15) is 107 Å². The number of nitrogens with zero attached hydrogens (tertiary/aromatic N) is 1. The fourth-order valence-electron chi connectivity index (χ4n) is 5.00. The second-order valence-corrected chi connectivity index (χ2v) is 9.62. The lowest BCUT2D eigenvalue weighted by Gasteiger charge is -2.30. The number of rotatable bonds is 5. The molecule has 0 radical (unpaired) electrons. The van der Waals surface area contributed by atoms with E-state index in [4.69, 9.17) is 9.72 Å². The molecule has 0 saturated heterocycles. The summed E-state index contributed by atoms with van der Waals surface area (Å²) in [5.41, 5.74) is 7.70. The average molecular weight is 516 g/mol. The van der Waals surface area contributed by atoms with E-state index < -0.39 is 12.1 Å². The molecular formula is C32H44F3NO. The quantitative estimate of drug-likeness (QED) is 0.395. The smallest absolute Gasteiger partial charge is 0.391 e. The number of aromatic nitrogens is 1. The van der Waals surface area contributed by atoms with Crippen molar-refractivity contribution in [2.75, 3.05) is 0 Å². The first-order valence-electron chi connectivity index (χ1n) is 13.8. The van der Waals surface area contributed by atoms with Gasteiger partial charge in [-0.2, -0.15) is 13.2 Å². The molecule has 2 aliphatic rings. The van der Waals surface area contributed by atoms with Crippen molar-refractivity contribution in [3.8, 4) is 0 Å². The zero-order valence-corrected chi connectivity index (χ0v) is 23.6. The van der Waals surface area contributed by atoms with Gasteiger partial charge in [-0.25, -0.2) is 0 Å². The molecule has 0 spiro atoms. The molecule has 0 amide bonds. The van der Waals surface area contributed by atoms with Gasteiger partial charge in [0.25, 0.3) is 0 Å². The van der Waals surface area contributed by atoms with Crippen LogP contribution in [0.2, 0.25) is 0 Å². The first-order valence-corrected chi connectivity index (χ1v) is 13.8. The van der Waals surface area contributed by atoms with E-state index in [2.05, 4.69) is 44.2 Å². The van der Waals surface area contributed by atoms with Crippen LogP contribution in [0.15, 0.2) is 53.8 Å². The molecule has 0 N–H and O–H groups in total. The van der Waals surface area contributed by atoms with Gasteiger partial charge in [0.2, 0.25) is 0 Å². The minimum atomic E-state index is -4.06. The van der Waals surface area contributed by atoms with Crippen LogP contribution in [-0.2, 0) is 11.3 Å². The monoisotopic (exact) mass is 515 g/mol. The molecule has 2 aromatic rings. The van der Waals surface area contributed by atoms with Crippen molar-refractivity contribution < 1.29 is 17.9 Å². The van der Waals surface area contributed by atoms with Crippen molar-refractivity contribution in [1.29, 1.82) is 0 Å². The van der Waals surface area contributed by atoms with E-state index >= 15 is 0 Å². The molecule has 1 saturated carbocycles. The van der Waals surface area contributed by atoms with Crippen LogP contribution >= 0.6 is 0 Å². The Bertz CT molecular complexity index is 1020. The van der Waals surface area contributed by atoms with Crippen LogP contribution in [0, 0.1) is 19.8 Å². The normalized spacial score (nSPS) is 19.7. The second kappa shape index (κ2) is 14.4. The summed E-state index contributed by atoms with van der Waals surface area (Å²) < 4.78 is 45.1. The fourth-order valence-corrected chi connectivity index (χ4v) is 5.00. The highest BCUT2D eigenvalue weighted by atomic mass is 19.4. The summed E-state index contributed by atoms with van der Waals surface area (Å²) in [5.74, 6) is 0.0476. The molecule has 0 atom stereocenters. The van der Waals surface area contributed by atoms with Gasteiger partial charge in [0, 0.05) is 17.7 Å². The third-order valence-corrected chi connectivity index (χ3v) is 6.87. The van der Waals surface area contributed by atoms with Gasteiger partial charge in [-0.05, 0) is 87.6 Å². The zero-order valence-electron chi connectivity index (χ0n) is 23.6. The van der Waals surface area contributed by atoms with Crippen LogP contribution < -0.4 is 0 Å². The molecule has 1 fully saturated rings. The van der Waals surface area contributed by atoms with Gasteiger partial charge in [-0.1, -0.05) is 63.6 Å². The molecule has 1 heterocycles. The Morgan fingerprint density at radius 2 is 1.49 bits per heavy atom. The Morgan fingerprint density at radius 3 is 2.05 bits per heavy atom. The highest BCUT2D eigenvalue weighted by Crippen LogP contribution is 2.43. The maximum atomic E-state index is 12.9. The minimum Gasteiger partial charge on any atom is -0.493 e. The molecule has 4 rings (SSSR count). The van der Waals surface area contributed by atoms with E-state index in [1.165, 1.54) is 11.1 Å². The predicted molar refractivity (Wildman–Crippen MR) is 148 cm³/mol. The molecule has 2 aliphatic carbocycles. The standard InChI is InChI=1S/C28H32F3NO.2C2H6/c1-18-4-13-27(25(15-18)26-16-19(2)14-20(3)32-26)33-17-21-5-7-22(8-6-21)23-9-11-24(12-10-23)28(29,30)31;2*1-2/h5-8,14-16,23-24H,4,9-13,17H2,1-3H3;2*1-2H3. The highest BCUT2D eigenvalue weighted by Gasteiger charge is 2.41. The third kappa shape index (κ3) is 8.76. The SMILES string of the molecule is CC.CC.CC1=CC(c2cc(C)cc(C)n2)=C(OCc2ccc(C3CCC(C(F)(F)F)CC3)cc2)CC1. The van der Waals surface area contributed by atoms with Crippen LogP contribution in [0.25, 0.3) is 5.57 Å². The van der Waals surface area contributed by atoms with E-state index in [0.29, 0.717) is 19.4 Å². The van der Waals surface area contributed by atoms with E-state index in [1.54, 1.807) is 0 Å². The number of allylic oxidation sites excluding steroid dienone is 4. The molecule has 1 aromatic heterocycles. The Kier molecular flexibility index (Phi) is 11.9. The summed E-state index contributed by atoms with van der Waals surface area (Å²) in [7, 11) is 0. The Labute approximate surface area is 222 Å². The van der Waals surface area contributed by atoms with Crippen LogP contribution in [0.5, 0.6) is 0 Å². The molecule has 0 aliphatic heterocycles. The van der Waals surface area contributed by atoms with Crippen molar-refractivity contribution in [2.45, 2.75) is 106 Å². The third-order valence-electron chi connectivity index (χ3n) is 6.87. The number of halogens is 3. The number of hydrogen-bond acceptors (Lipinski definition) is 2. The van der Waals surface area contributed by atoms with E-state index in [0.717, 1.165) is 46.7 Å². The minimum absolute atomic E-state index is 0.218. The van der Waals surface area contributed by atoms with Crippen LogP contribution in [0.4, 0.5) is 13.2 Å². The molecular weight excluding hydrogens is 471 g/mol. The lowest BCUT2D eigenvalue weighted by atomic mass is 9.78. The number of hydrogen-bond donors (Lipinski definition) is 0. The van der Waals surface area contributed by atoms with E-state index in [-0.39, 0.29) is 18.8 Å². The van der Waals surface area contributed by atoms with Gasteiger partial charge in [0.05, 0.1) is 11.6 Å². The first-order chi connectivity index (χ1) is 17.7. The summed E-state index contributed by atoms with van der Waals surface area (Å²) in [6.45, 7) is 14.7. The average Bonchev–Trinajstić information content (AvgIpc) is 2.89. The maximum Gasteiger partial charge on any atom is 0.391 e. The van der Waals surface area contributed by atoms with E-state index in [9.17, 15) is 13.2 Å². The molecule has 1 aromatic carbocycles. The fraction of sp³-hybridized carbons (Fsp3) is 0.531. The van der Waals surface area contributed by atoms with Crippen molar-refractivity contribution in [1.82, 2.24) is 4.98 Å². The maximum absolute atomic E-state index is 12.9. The summed E-state index contributed by atoms with van der Waals surface area (Å²) in [6, 6.07) is 12.4. The van der Waals surface area contributed by atoms with E-state index in [1.807, 2.05) is 46.8 Å². The lowest BCUT2D eigenvalue weighted by molar-refractivity contribution is -0.182. The Morgan fingerprint density at radius 1 is 0.865 bits per heavy atom. The van der Waals surface area contributed by atoms with Crippen molar-refractivity contribution in [3.05, 3.63) is 81.9 Å². The topological polar surface area (TPSA) is 22.1 Å². The highest BCUT2D eigenvalue weighted by molar-refractivity contribution is 5.75. The Balaban J connectivity index is 0.00000115. The van der Waals surface area contributed by atoms with Gasteiger partial charge in [-0.15, -0.1) is 0 Å². The summed E-state index contributed by atoms with van der Waals surface area (Å²) in [4.78, 5) is 4.73. The molecule has 5 heteroatoms. The molecule has 0 bridgehead atoms. The van der Waals surface area contributed by atoms with Gasteiger partial charge < -0.3 is 4.74 Å². The largest absolute Gasteiger partial charge is 0.493 e. The number of pyridine rings is 1. The van der Waals surface area contributed by atoms with Crippen LogP contribution in [-0.4, -0.2) is 11.2 Å². The number of ether oxygens (including phenoxy) is 1. The Hall–Kier alpha value is -2.56. The van der Waals surface area contributed by atoms with Gasteiger partial charge in [-0.3, -0.25) is 4.98 Å². The van der Waals surface area contributed by atoms with Gasteiger partial charge >= 0.3 is 6.18 Å². The zero-order chi connectivity index (χ0) is 27.6. The summed E-state index contributed by atoms with van der Waals surface area (Å²) >= 11 is 0. The molecule has 2 nitrogen and oxygen atoms in total. The van der Waals surface area contributed by atoms with Crippen molar-refractivity contribution in [3.63, 3.8) is 0 Å². The number of aryl methyl sites for hydroxylation is 2. The predicted octanol–water partition coefficient (Wildman–Crippen LogP) is 10.3. The number of alkyl halides is 3. The van der Waals surface area contributed by atoms with Crippen LogP contribution in [0.3, 0.4) is 0 Å². The first kappa shape index (κ1) is 30.7. The molecule has 37 heavy (non-hydrogen) atoms. The second-order valence-electron chi connectivity index (χ2n) is 9.62. The van der Waals surface area contributed by atoms with Gasteiger partial charge in [0.1, 0.15) is 12.4 Å². The molecule has 0 unspecified atom stereocenters. The van der Waals surface area contributed by atoms with Crippen molar-refractivity contribution >= 4 is 5.57 Å². The summed E-state index contributed by atoms with van der Waals surface area (Å²) in [6.07, 6.45) is 1.62. The molecule has 204 valence electrons. The summed E-state index contributed by atoms with van der Waals surface area (Å²) in [5, 5.41) is 0. The number of benzene rings is 1. The van der Waals surface area contributed by atoms with Crippen molar-refractivity contribution in [2.24, 2.45) is 5.92 Å². The van der Waals surface area contributed by atoms with Gasteiger partial charge in [0.15, 0.2) is 0 Å². The lowest BCUT2D eigenvalue weighted by Crippen LogP contribution is -2.27.